The summed E-state index contributed by atoms with van der Waals surface area (Å²) in [6.07, 6.45) is 0. The molecular formula is C19H36N4O6S12. The van der Waals surface area contributed by atoms with Crippen LogP contribution in [0.4, 0.5) is 9.59 Å². The summed E-state index contributed by atoms with van der Waals surface area (Å²) in [5.74, 6) is 2.84. The second-order valence-corrected chi connectivity index (χ2v) is 21.5. The molecule has 0 saturated heterocycles. The summed E-state index contributed by atoms with van der Waals surface area (Å²) in [6, 6.07) is 0. The fourth-order valence-electron chi connectivity index (χ4n) is 1.73. The van der Waals surface area contributed by atoms with E-state index in [1.165, 1.54) is 22.9 Å². The minimum absolute atomic E-state index is 0.00468. The molecule has 0 aromatic heterocycles. The van der Waals surface area contributed by atoms with E-state index in [1.807, 2.05) is 0 Å². The van der Waals surface area contributed by atoms with Gasteiger partial charge in [-0.1, -0.05) is 23.5 Å². The molecule has 0 aromatic carbocycles. The van der Waals surface area contributed by atoms with Crippen molar-refractivity contribution in [2.75, 3.05) is 83.8 Å². The standard InChI is InChI=1S/C19H36N4O6S12/c24-1-3-38-18(26)22-7-32-13-35-12-31-6-21-10-41(29)17-37-15-36-16-39-19(27)23-8-33-14-34-11-30-5-20-9-40(28)4-2-25/h9-10,24-25H,1-8,11-17H2,(H,22,26)(H,23,27)/b20-9-,21-10-. The van der Waals surface area contributed by atoms with Crippen molar-refractivity contribution in [3.63, 3.8) is 0 Å². The van der Waals surface area contributed by atoms with Gasteiger partial charge >= 0.3 is 0 Å². The van der Waals surface area contributed by atoms with E-state index in [9.17, 15) is 18.0 Å². The number of carbonyl (C=O) groups excluding carboxylic acids is 2. The zero-order valence-electron chi connectivity index (χ0n) is 22.1. The van der Waals surface area contributed by atoms with E-state index in [0.717, 1.165) is 37.2 Å². The Bertz CT molecular complexity index is 772. The highest BCUT2D eigenvalue weighted by Crippen LogP contribution is 2.20. The Morgan fingerprint density at radius 2 is 1.15 bits per heavy atom. The molecule has 0 heterocycles. The van der Waals surface area contributed by atoms with Crippen LogP contribution >= 0.6 is 118 Å². The van der Waals surface area contributed by atoms with Gasteiger partial charge in [0.15, 0.2) is 0 Å². The predicted octanol–water partition coefficient (Wildman–Crippen LogP) is 4.81. The molecule has 0 bridgehead atoms. The molecule has 0 spiro atoms. The lowest BCUT2D eigenvalue weighted by atomic mass is 10.9. The number of aliphatic imine (C=N–C) groups is 2. The molecule has 2 amide bonds. The van der Waals surface area contributed by atoms with Crippen LogP contribution in [0.1, 0.15) is 0 Å². The Hall–Kier alpha value is 2.00. The van der Waals surface area contributed by atoms with Gasteiger partial charge in [0.05, 0.1) is 80.3 Å². The van der Waals surface area contributed by atoms with Crippen LogP contribution in [0.25, 0.3) is 0 Å². The molecule has 0 aliphatic rings. The molecule has 0 fully saturated rings. The third kappa shape index (κ3) is 34.7. The van der Waals surface area contributed by atoms with Crippen LogP contribution in [0.2, 0.25) is 0 Å². The summed E-state index contributed by atoms with van der Waals surface area (Å²) in [7, 11) is -2.30. The van der Waals surface area contributed by atoms with Crippen LogP contribution in [-0.4, -0.2) is 124 Å². The molecule has 10 nitrogen and oxygen atoms in total. The van der Waals surface area contributed by atoms with Gasteiger partial charge < -0.3 is 20.8 Å². The van der Waals surface area contributed by atoms with Crippen molar-refractivity contribution in [3.8, 4) is 0 Å². The van der Waals surface area contributed by atoms with Crippen molar-refractivity contribution < 1.29 is 28.2 Å². The molecule has 0 saturated carbocycles. The van der Waals surface area contributed by atoms with Gasteiger partial charge in [0.1, 0.15) is 0 Å². The molecule has 240 valence electrons. The molecule has 0 radical (unpaired) electrons. The van der Waals surface area contributed by atoms with Crippen molar-refractivity contribution in [1.29, 1.82) is 0 Å². The maximum Gasteiger partial charge on any atom is 0.280 e. The largest absolute Gasteiger partial charge is 0.396 e. The molecule has 2 atom stereocenters. The molecule has 4 N–H and O–H groups in total. The van der Waals surface area contributed by atoms with E-state index in [0.29, 0.717) is 39.4 Å². The average molecular weight is 801 g/mol. The van der Waals surface area contributed by atoms with Gasteiger partial charge in [-0.2, -0.15) is 0 Å². The quantitative estimate of drug-likeness (QED) is 0.0370. The first kappa shape index (κ1) is 43.0. The lowest BCUT2D eigenvalue weighted by Gasteiger charge is -2.04. The molecule has 2 unspecified atom stereocenters. The highest BCUT2D eigenvalue weighted by molar-refractivity contribution is 8.29. The number of carbonyl (C=O) groups is 2. The van der Waals surface area contributed by atoms with Crippen LogP contribution in [0.5, 0.6) is 0 Å². The average Bonchev–Trinajstić information content (AvgIpc) is 2.95. The van der Waals surface area contributed by atoms with Crippen LogP contribution in [-0.2, 0) is 21.6 Å². The number of nitrogens with zero attached hydrogens (tertiary/aromatic N) is 2. The Morgan fingerprint density at radius 3 is 1.73 bits per heavy atom. The minimum atomic E-state index is -1.19. The molecule has 0 aliphatic carbocycles. The van der Waals surface area contributed by atoms with Crippen molar-refractivity contribution >= 4 is 161 Å². The highest BCUT2D eigenvalue weighted by Gasteiger charge is 2.03. The molecular weight excluding hydrogens is 765 g/mol. The molecule has 0 rings (SSSR count). The Balaban J connectivity index is 3.43. The molecule has 22 heteroatoms. The zero-order chi connectivity index (χ0) is 30.2. The van der Waals surface area contributed by atoms with Crippen LogP contribution in [0, 0.1) is 0 Å². The van der Waals surface area contributed by atoms with Gasteiger partial charge in [0.25, 0.3) is 10.5 Å². The minimum Gasteiger partial charge on any atom is -0.396 e. The Kier molecular flexibility index (Phi) is 36.6. The number of aliphatic hydroxyl groups excluding tert-OH is 2. The lowest BCUT2D eigenvalue weighted by Crippen LogP contribution is -2.18. The molecule has 0 aromatic rings. The van der Waals surface area contributed by atoms with Gasteiger partial charge in [-0.05, 0) is 0 Å². The number of nitrogens with one attached hydrogen (secondary N) is 2. The van der Waals surface area contributed by atoms with E-state index in [-0.39, 0.29) is 29.4 Å². The summed E-state index contributed by atoms with van der Waals surface area (Å²) in [4.78, 5) is 31.5. The summed E-state index contributed by atoms with van der Waals surface area (Å²) >= 11 is 15.5. The first-order valence-electron chi connectivity index (χ1n) is 11.4. The van der Waals surface area contributed by atoms with Crippen molar-refractivity contribution in [1.82, 2.24) is 10.6 Å². The van der Waals surface area contributed by atoms with Gasteiger partial charge in [0, 0.05) is 36.3 Å². The van der Waals surface area contributed by atoms with E-state index < -0.39 is 21.6 Å². The Morgan fingerprint density at radius 1 is 0.634 bits per heavy atom. The van der Waals surface area contributed by atoms with E-state index in [4.69, 9.17) is 10.2 Å². The summed E-state index contributed by atoms with van der Waals surface area (Å²) in [5.41, 5.74) is 2.88. The predicted molar refractivity (Wildman–Crippen MR) is 204 cm³/mol. The summed E-state index contributed by atoms with van der Waals surface area (Å²) < 4.78 is 23.2. The van der Waals surface area contributed by atoms with Crippen LogP contribution < -0.4 is 10.6 Å². The third-order valence-corrected chi connectivity index (χ3v) is 16.6. The van der Waals surface area contributed by atoms with Crippen molar-refractivity contribution in [2.24, 2.45) is 9.98 Å². The Labute approximate surface area is 290 Å². The second kappa shape index (κ2) is 34.9. The fourth-order valence-corrected chi connectivity index (χ4v) is 13.1. The number of aliphatic hydroxyl groups is 2. The topological polar surface area (TPSA) is 158 Å². The maximum absolute atomic E-state index is 12.0. The van der Waals surface area contributed by atoms with Crippen LogP contribution in [0.3, 0.4) is 0 Å². The lowest BCUT2D eigenvalue weighted by molar-refractivity contribution is 0.261. The smallest absolute Gasteiger partial charge is 0.280 e. The van der Waals surface area contributed by atoms with E-state index in [2.05, 4.69) is 20.6 Å². The highest BCUT2D eigenvalue weighted by atomic mass is 32.3. The van der Waals surface area contributed by atoms with E-state index >= 15 is 0 Å². The second-order valence-electron chi connectivity index (χ2n) is 6.41. The number of hydrogen-bond donors (Lipinski definition) is 4. The van der Waals surface area contributed by atoms with Gasteiger partial charge in [-0.3, -0.25) is 28.0 Å². The maximum atomic E-state index is 12.0. The molecule has 41 heavy (non-hydrogen) atoms. The SMILES string of the molecule is O=C(NCSCSCSC/N=C\S(=O)CSCSCSC(=O)NCSCSCSC/N=C\S(=O)CCO)SCCO. The van der Waals surface area contributed by atoms with Crippen molar-refractivity contribution in [3.05, 3.63) is 0 Å². The van der Waals surface area contributed by atoms with Gasteiger partial charge in [-0.25, -0.2) is 0 Å². The summed E-state index contributed by atoms with van der Waals surface area (Å²) in [5, 5.41) is 28.1. The number of hydrogen-bond acceptors (Lipinski definition) is 18. The first-order valence-corrected chi connectivity index (χ1v) is 25.4. The van der Waals surface area contributed by atoms with Gasteiger partial charge in [-0.15, -0.1) is 94.1 Å². The first-order chi connectivity index (χ1) is 20.0. The van der Waals surface area contributed by atoms with Crippen LogP contribution in [0.15, 0.2) is 9.98 Å². The van der Waals surface area contributed by atoms with Crippen molar-refractivity contribution in [2.45, 2.75) is 0 Å². The fraction of sp³-hybridized carbons (Fsp3) is 0.789. The number of thioether (sulfide) groups is 10. The zero-order valence-corrected chi connectivity index (χ0v) is 31.9. The van der Waals surface area contributed by atoms with Gasteiger partial charge in [0.2, 0.25) is 0 Å². The monoisotopic (exact) mass is 800 g/mol. The molecule has 0 aliphatic heterocycles. The number of amides is 2. The number of rotatable bonds is 28. The third-order valence-electron chi connectivity index (χ3n) is 3.28. The summed E-state index contributed by atoms with van der Waals surface area (Å²) in [6.45, 7) is -0.108. The normalized spacial score (nSPS) is 13.1. The van der Waals surface area contributed by atoms with E-state index in [1.54, 1.807) is 94.1 Å².